The van der Waals surface area contributed by atoms with Crippen LogP contribution in [0.15, 0.2) is 109 Å². The van der Waals surface area contributed by atoms with E-state index in [0.29, 0.717) is 17.4 Å². The minimum absolute atomic E-state index is 0.0277. The van der Waals surface area contributed by atoms with Gasteiger partial charge in [0, 0.05) is 12.8 Å². The summed E-state index contributed by atoms with van der Waals surface area (Å²) in [6.07, 6.45) is 84.6. The summed E-state index contributed by atoms with van der Waals surface area (Å²) in [5.74, 6) is -0.797. The van der Waals surface area contributed by atoms with Crippen LogP contribution in [-0.4, -0.2) is 74.9 Å². The highest BCUT2D eigenvalue weighted by Gasteiger charge is 2.27. The maximum atomic E-state index is 12.9. The predicted octanol–water partition coefficient (Wildman–Crippen LogP) is 20.9. The first kappa shape index (κ1) is 76.7. The zero-order valence-corrected chi connectivity index (χ0v) is 53.2. The Labute approximate surface area is 493 Å². The minimum Gasteiger partial charge on any atom is -0.462 e. The second kappa shape index (κ2) is 60.3. The molecule has 9 nitrogen and oxygen atoms in total. The van der Waals surface area contributed by atoms with Crippen molar-refractivity contribution >= 4 is 19.8 Å². The van der Waals surface area contributed by atoms with Gasteiger partial charge in [-0.1, -0.05) is 271 Å². The fourth-order valence-electron chi connectivity index (χ4n) is 8.86. The van der Waals surface area contributed by atoms with E-state index < -0.39 is 26.5 Å². The molecule has 0 aromatic rings. The highest BCUT2D eigenvalue weighted by molar-refractivity contribution is 7.47. The summed E-state index contributed by atoms with van der Waals surface area (Å²) in [6, 6.07) is 0. The zero-order valence-electron chi connectivity index (χ0n) is 52.3. The molecule has 10 heteroatoms. The van der Waals surface area contributed by atoms with Gasteiger partial charge in [0.1, 0.15) is 19.8 Å². The summed E-state index contributed by atoms with van der Waals surface area (Å²) in [7, 11) is 1.47. The number of rotatable bonds is 59. The van der Waals surface area contributed by atoms with Gasteiger partial charge in [-0.25, -0.2) is 4.57 Å². The van der Waals surface area contributed by atoms with Crippen LogP contribution in [0.25, 0.3) is 0 Å². The zero-order chi connectivity index (χ0) is 58.4. The molecule has 0 aromatic carbocycles. The van der Waals surface area contributed by atoms with Crippen molar-refractivity contribution in [2.45, 2.75) is 277 Å². The normalized spacial score (nSPS) is 13.9. The lowest BCUT2D eigenvalue weighted by Crippen LogP contribution is -2.37. The number of phosphoric acid groups is 1. The summed E-state index contributed by atoms with van der Waals surface area (Å²) >= 11 is 0. The molecule has 2 atom stereocenters. The van der Waals surface area contributed by atoms with Crippen LogP contribution in [0.5, 0.6) is 0 Å². The van der Waals surface area contributed by atoms with E-state index in [-0.39, 0.29) is 32.0 Å². The number of quaternary nitrogens is 1. The lowest BCUT2D eigenvalue weighted by Gasteiger charge is -2.24. The van der Waals surface area contributed by atoms with Crippen LogP contribution in [0.4, 0.5) is 0 Å². The van der Waals surface area contributed by atoms with Crippen LogP contribution >= 0.6 is 7.82 Å². The van der Waals surface area contributed by atoms with Gasteiger partial charge in [0.25, 0.3) is 0 Å². The third-order valence-corrected chi connectivity index (χ3v) is 14.8. The predicted molar refractivity (Wildman–Crippen MR) is 344 cm³/mol. The molecule has 0 heterocycles. The first-order valence-corrected chi connectivity index (χ1v) is 34.1. The smallest absolute Gasteiger partial charge is 0.462 e. The summed E-state index contributed by atoms with van der Waals surface area (Å²) in [6.45, 7) is 4.22. The lowest BCUT2D eigenvalue weighted by atomic mass is 10.0. The van der Waals surface area contributed by atoms with E-state index in [4.69, 9.17) is 18.5 Å². The number of nitrogens with zero attached hydrogens (tertiary/aromatic N) is 1. The number of ether oxygens (including phenoxy) is 2. The van der Waals surface area contributed by atoms with Crippen molar-refractivity contribution < 1.29 is 42.1 Å². The Morgan fingerprint density at radius 2 is 0.675 bits per heavy atom. The molecule has 0 bridgehead atoms. The summed E-state index contributed by atoms with van der Waals surface area (Å²) in [4.78, 5) is 35.8. The fraction of sp³-hybridized carbons (Fsp3) is 0.714. The highest BCUT2D eigenvalue weighted by Crippen LogP contribution is 2.43. The minimum atomic E-state index is -4.40. The first-order valence-electron chi connectivity index (χ1n) is 32.6. The quantitative estimate of drug-likeness (QED) is 0.0211. The first-order chi connectivity index (χ1) is 39.0. The molecule has 460 valence electrons. The standard InChI is InChI=1S/C70H122NO8P/c1-6-8-10-12-14-16-18-20-22-24-26-28-30-32-34-35-37-39-41-43-45-47-49-51-53-55-57-59-61-63-70(73)79-68(67-78-80(74,75)77-65-64-71(3,4)5)66-76-69(72)62-60-58-56-54-52-50-48-46-44-42-40-38-36-33-31-29-27-25-23-21-19-17-15-13-11-9-7-2/h8-11,14-17,20-23,26-29,32,34,68H,6-7,12-13,18-19,24-25,30-31,33,35-67H2,1-5H3/p+1/b10-8-,11-9-,16-14-,17-15-,22-20-,23-21-,28-26-,29-27-,34-32-. The number of hydrogen-bond acceptors (Lipinski definition) is 7. The molecule has 0 amide bonds. The Bertz CT molecular complexity index is 1720. The summed E-state index contributed by atoms with van der Waals surface area (Å²) in [5, 5.41) is 0. The number of phosphoric ester groups is 1. The van der Waals surface area contributed by atoms with E-state index in [1.54, 1.807) is 0 Å². The van der Waals surface area contributed by atoms with Gasteiger partial charge in [0.2, 0.25) is 0 Å². The third kappa shape index (κ3) is 63.8. The molecule has 0 aromatic heterocycles. The number of carbonyl (C=O) groups excluding carboxylic acids is 2. The second-order valence-corrected chi connectivity index (χ2v) is 24.2. The molecular formula is C70H123NO8P+. The van der Waals surface area contributed by atoms with Gasteiger partial charge in [-0.3, -0.25) is 18.6 Å². The Morgan fingerprint density at radius 1 is 0.388 bits per heavy atom. The van der Waals surface area contributed by atoms with Crippen molar-refractivity contribution in [2.24, 2.45) is 0 Å². The molecule has 0 saturated heterocycles. The average molecular weight is 1140 g/mol. The van der Waals surface area contributed by atoms with Gasteiger partial charge in [-0.05, 0) is 96.3 Å². The molecule has 2 unspecified atom stereocenters. The molecular weight excluding hydrogens is 1010 g/mol. The van der Waals surface area contributed by atoms with Crippen LogP contribution < -0.4 is 0 Å². The summed E-state index contributed by atoms with van der Waals surface area (Å²) < 4.78 is 34.7. The maximum absolute atomic E-state index is 12.9. The Hall–Kier alpha value is -3.33. The van der Waals surface area contributed by atoms with Gasteiger partial charge in [-0.2, -0.15) is 0 Å². The molecule has 0 aliphatic carbocycles. The van der Waals surface area contributed by atoms with Gasteiger partial charge in [-0.15, -0.1) is 0 Å². The molecule has 0 rings (SSSR count). The van der Waals surface area contributed by atoms with Gasteiger partial charge in [0.05, 0.1) is 27.7 Å². The van der Waals surface area contributed by atoms with Crippen LogP contribution in [0.2, 0.25) is 0 Å². The molecule has 0 spiro atoms. The van der Waals surface area contributed by atoms with Crippen LogP contribution in [0, 0.1) is 0 Å². The van der Waals surface area contributed by atoms with Crippen LogP contribution in [0.1, 0.15) is 271 Å². The SMILES string of the molecule is CC/C=C\C/C=C\C/C=C\C/C=C\C/C=C\CCCCCCCCCCCCCCCC(=O)OC(COC(=O)CCCCCCCCCCCCCCCC/C=C\C/C=C\C/C=C\C/C=C\CC)COP(=O)(O)OCC[N+](C)(C)C. The van der Waals surface area contributed by atoms with Crippen molar-refractivity contribution in [1.82, 2.24) is 0 Å². The number of likely N-dealkylation sites (N-methyl/N-ethyl adjacent to an activating group) is 1. The van der Waals surface area contributed by atoms with Crippen LogP contribution in [0.3, 0.4) is 0 Å². The average Bonchev–Trinajstić information content (AvgIpc) is 3.42. The van der Waals surface area contributed by atoms with E-state index in [1.807, 2.05) is 21.1 Å². The van der Waals surface area contributed by atoms with Crippen molar-refractivity contribution in [3.05, 3.63) is 109 Å². The van der Waals surface area contributed by atoms with Gasteiger partial charge in [0.15, 0.2) is 6.10 Å². The molecule has 0 aliphatic heterocycles. The fourth-order valence-corrected chi connectivity index (χ4v) is 9.60. The molecule has 80 heavy (non-hydrogen) atoms. The summed E-state index contributed by atoms with van der Waals surface area (Å²) in [5.41, 5.74) is 0. The largest absolute Gasteiger partial charge is 0.472 e. The highest BCUT2D eigenvalue weighted by atomic mass is 31.2. The van der Waals surface area contributed by atoms with E-state index in [2.05, 4.69) is 123 Å². The number of allylic oxidation sites excluding steroid dienone is 18. The Balaban J connectivity index is 4.10. The van der Waals surface area contributed by atoms with Crippen molar-refractivity contribution in [3.8, 4) is 0 Å². The van der Waals surface area contributed by atoms with Crippen LogP contribution in [-0.2, 0) is 32.7 Å². The molecule has 1 N–H and O–H groups in total. The van der Waals surface area contributed by atoms with Gasteiger partial charge < -0.3 is 18.9 Å². The van der Waals surface area contributed by atoms with Crippen molar-refractivity contribution in [1.29, 1.82) is 0 Å². The Kier molecular flexibility index (Phi) is 57.8. The van der Waals surface area contributed by atoms with E-state index >= 15 is 0 Å². The molecule has 0 aliphatic rings. The van der Waals surface area contributed by atoms with Gasteiger partial charge >= 0.3 is 19.8 Å². The number of hydrogen-bond donors (Lipinski definition) is 1. The Morgan fingerprint density at radius 3 is 1.00 bits per heavy atom. The third-order valence-electron chi connectivity index (χ3n) is 13.8. The molecule has 0 radical (unpaired) electrons. The molecule has 0 fully saturated rings. The van der Waals surface area contributed by atoms with Crippen molar-refractivity contribution in [2.75, 3.05) is 47.5 Å². The number of carbonyl (C=O) groups is 2. The topological polar surface area (TPSA) is 108 Å². The van der Waals surface area contributed by atoms with E-state index in [1.165, 1.54) is 141 Å². The second-order valence-electron chi connectivity index (χ2n) is 22.7. The van der Waals surface area contributed by atoms with E-state index in [9.17, 15) is 19.0 Å². The maximum Gasteiger partial charge on any atom is 0.472 e. The number of esters is 2. The lowest BCUT2D eigenvalue weighted by molar-refractivity contribution is -0.870. The number of unbranched alkanes of at least 4 members (excludes halogenated alkanes) is 27. The molecule has 0 saturated carbocycles. The van der Waals surface area contributed by atoms with Crippen molar-refractivity contribution in [3.63, 3.8) is 0 Å². The monoisotopic (exact) mass is 1140 g/mol. The van der Waals surface area contributed by atoms with E-state index in [0.717, 1.165) is 96.3 Å².